The first-order valence-electron chi connectivity index (χ1n) is 25.3. The summed E-state index contributed by atoms with van der Waals surface area (Å²) in [6.07, 6.45) is 4.00. The van der Waals surface area contributed by atoms with Crippen molar-refractivity contribution in [1.29, 1.82) is 0 Å². The molecule has 0 aromatic carbocycles. The van der Waals surface area contributed by atoms with E-state index >= 15 is 0 Å². The predicted octanol–water partition coefficient (Wildman–Crippen LogP) is 1.82. The molecule has 0 aliphatic carbocycles. The van der Waals surface area contributed by atoms with Crippen LogP contribution < -0.4 is 48.7 Å². The summed E-state index contributed by atoms with van der Waals surface area (Å²) in [6.45, 7) is 24.2. The van der Waals surface area contributed by atoms with E-state index in [1.807, 2.05) is 62.3 Å². The molecule has 0 spiro atoms. The molecule has 1 saturated heterocycles. The highest BCUT2D eigenvalue weighted by Crippen LogP contribution is 2.21. The molecule has 0 unspecified atom stereocenters. The van der Waals surface area contributed by atoms with Crippen LogP contribution in [0.1, 0.15) is 154 Å². The highest BCUT2D eigenvalue weighted by molar-refractivity contribution is 5.98. The van der Waals surface area contributed by atoms with Crippen molar-refractivity contribution in [3.05, 3.63) is 0 Å². The monoisotopic (exact) mass is 979 g/mol. The Morgan fingerprint density at radius 1 is 0.565 bits per heavy atom. The second-order valence-electron chi connectivity index (χ2n) is 21.0. The first kappa shape index (κ1) is 62.2. The Morgan fingerprint density at radius 2 is 1.01 bits per heavy atom. The SMILES string of the molecule is CC[C@H](C)[C@H](NC(=O)[C@H](CC(C)C)NC(=O)[C@H](CC(C)C)NC(=O)[C@@H](NC(=O)[C@H](C)NC(=O)[C@@H]1CCCN1C(=O)[C@H](CC(C)C)NC(=O)[C@@H](N)CCCCN)C(C)C)C(=O)N[C@@H](CC(C)C)C(=O)O. The van der Waals surface area contributed by atoms with Gasteiger partial charge in [-0.2, -0.15) is 0 Å². The molecular weight excluding hydrogens is 889 g/mol. The van der Waals surface area contributed by atoms with Gasteiger partial charge in [-0.1, -0.05) is 95.9 Å². The van der Waals surface area contributed by atoms with Crippen molar-refractivity contribution < 1.29 is 48.3 Å². The first-order chi connectivity index (χ1) is 32.1. The minimum Gasteiger partial charge on any atom is -0.480 e. The van der Waals surface area contributed by atoms with E-state index in [-0.39, 0.29) is 55.4 Å². The molecule has 0 aromatic heterocycles. The average Bonchev–Trinajstić information content (AvgIpc) is 3.75. The summed E-state index contributed by atoms with van der Waals surface area (Å²) in [7, 11) is 0. The summed E-state index contributed by atoms with van der Waals surface area (Å²) in [5.41, 5.74) is 11.7. The molecule has 1 aliphatic rings. The number of nitrogens with zero attached hydrogens (tertiary/aromatic N) is 1. The minimum absolute atomic E-state index is 0.0235. The van der Waals surface area contributed by atoms with Crippen molar-refractivity contribution in [1.82, 2.24) is 42.1 Å². The van der Waals surface area contributed by atoms with Crippen molar-refractivity contribution in [2.75, 3.05) is 13.1 Å². The maximum absolute atomic E-state index is 14.1. The van der Waals surface area contributed by atoms with Crippen molar-refractivity contribution >= 4 is 53.2 Å². The Hall–Kier alpha value is -4.85. The number of unbranched alkanes of at least 4 members (excludes halogenated alkanes) is 1. The van der Waals surface area contributed by atoms with E-state index in [2.05, 4.69) is 37.2 Å². The lowest BCUT2D eigenvalue weighted by Gasteiger charge is -2.31. The summed E-state index contributed by atoms with van der Waals surface area (Å²) in [4.78, 5) is 123. The number of likely N-dealkylation sites (tertiary alicyclic amines) is 1. The number of amides is 8. The van der Waals surface area contributed by atoms with E-state index < -0.39 is 114 Å². The zero-order valence-electron chi connectivity index (χ0n) is 43.9. The maximum atomic E-state index is 14.1. The molecule has 1 rings (SSSR count). The molecule has 0 saturated carbocycles. The van der Waals surface area contributed by atoms with E-state index in [1.165, 1.54) is 11.8 Å². The molecule has 1 heterocycles. The number of carbonyl (C=O) groups is 9. The van der Waals surface area contributed by atoms with Crippen molar-refractivity contribution in [2.45, 2.75) is 209 Å². The Balaban J connectivity index is 3.21. The lowest BCUT2D eigenvalue weighted by molar-refractivity contribution is -0.143. The molecular formula is C49H90N10O10. The fraction of sp³-hybridized carbons (Fsp3) is 0.816. The molecule has 20 nitrogen and oxygen atoms in total. The van der Waals surface area contributed by atoms with Gasteiger partial charge >= 0.3 is 5.97 Å². The van der Waals surface area contributed by atoms with Gasteiger partial charge in [-0.15, -0.1) is 0 Å². The molecule has 1 aliphatic heterocycles. The van der Waals surface area contributed by atoms with E-state index in [4.69, 9.17) is 11.5 Å². The van der Waals surface area contributed by atoms with Crippen LogP contribution in [-0.2, 0) is 43.2 Å². The van der Waals surface area contributed by atoms with E-state index in [9.17, 15) is 48.3 Å². The smallest absolute Gasteiger partial charge is 0.326 e. The van der Waals surface area contributed by atoms with Crippen LogP contribution in [0, 0.1) is 35.5 Å². The Bertz CT molecular complexity index is 1710. The highest BCUT2D eigenvalue weighted by Gasteiger charge is 2.40. The molecule has 20 heteroatoms. The third-order valence-electron chi connectivity index (χ3n) is 12.3. The third kappa shape index (κ3) is 21.8. The van der Waals surface area contributed by atoms with Crippen LogP contribution in [0.4, 0.5) is 0 Å². The van der Waals surface area contributed by atoms with Gasteiger partial charge in [0.25, 0.3) is 0 Å². The number of nitrogens with one attached hydrogen (secondary N) is 7. The number of hydrogen-bond donors (Lipinski definition) is 10. The quantitative estimate of drug-likeness (QED) is 0.0445. The van der Waals surface area contributed by atoms with Crippen LogP contribution in [0.3, 0.4) is 0 Å². The van der Waals surface area contributed by atoms with Crippen molar-refractivity contribution in [3.8, 4) is 0 Å². The van der Waals surface area contributed by atoms with E-state index in [1.54, 1.807) is 20.8 Å². The van der Waals surface area contributed by atoms with E-state index in [0.717, 1.165) is 0 Å². The van der Waals surface area contributed by atoms with Crippen molar-refractivity contribution in [2.24, 2.45) is 47.0 Å². The molecule has 12 N–H and O–H groups in total. The van der Waals surface area contributed by atoms with Gasteiger partial charge in [-0.3, -0.25) is 38.4 Å². The van der Waals surface area contributed by atoms with Gasteiger partial charge in [-0.05, 0) is 100 Å². The van der Waals surface area contributed by atoms with Gasteiger partial charge < -0.3 is 58.7 Å². The molecule has 396 valence electrons. The Morgan fingerprint density at radius 3 is 1.51 bits per heavy atom. The lowest BCUT2D eigenvalue weighted by Crippen LogP contribution is -2.61. The molecule has 8 amide bonds. The molecule has 10 atom stereocenters. The van der Waals surface area contributed by atoms with Crippen LogP contribution in [0.2, 0.25) is 0 Å². The fourth-order valence-corrected chi connectivity index (χ4v) is 8.15. The molecule has 69 heavy (non-hydrogen) atoms. The van der Waals surface area contributed by atoms with Crippen LogP contribution in [0.15, 0.2) is 0 Å². The van der Waals surface area contributed by atoms with Crippen molar-refractivity contribution in [3.63, 3.8) is 0 Å². The minimum atomic E-state index is -1.19. The fourth-order valence-electron chi connectivity index (χ4n) is 8.15. The summed E-state index contributed by atoms with van der Waals surface area (Å²) < 4.78 is 0. The standard InChI is InChI=1S/C49H90N10O10/c1-14-31(12)40(47(66)56-37(49(68)69)25-29(8)9)58-44(63)35(23-27(4)5)53-43(62)34(22-26(2)3)54-46(65)39(30(10)11)57-41(60)32(13)52-45(64)38-19-17-21-59(38)48(67)36(24-28(6)7)55-42(61)33(51)18-15-16-20-50/h26-40H,14-25,50-51H2,1-13H3,(H,52,64)(H,53,62)(H,54,65)(H,55,61)(H,56,66)(H,57,60)(H,58,63)(H,68,69)/t31-,32-,33-,34-,35-,36-,37-,38-,39-,40-/m0/s1. The average molecular weight is 979 g/mol. The summed E-state index contributed by atoms with van der Waals surface area (Å²) in [5, 5.41) is 28.9. The van der Waals surface area contributed by atoms with Crippen LogP contribution in [0.25, 0.3) is 0 Å². The Labute approximate surface area is 411 Å². The number of carboxylic acid groups (broad SMARTS) is 1. The molecule has 0 bridgehead atoms. The Kier molecular flexibility index (Phi) is 27.7. The van der Waals surface area contributed by atoms with Gasteiger partial charge in [0.15, 0.2) is 0 Å². The zero-order chi connectivity index (χ0) is 52.9. The van der Waals surface area contributed by atoms with Gasteiger partial charge in [0.05, 0.1) is 6.04 Å². The summed E-state index contributed by atoms with van der Waals surface area (Å²) in [5.74, 6) is -6.99. The van der Waals surface area contributed by atoms with Gasteiger partial charge in [0, 0.05) is 6.54 Å². The van der Waals surface area contributed by atoms with Crippen LogP contribution in [0.5, 0.6) is 0 Å². The summed E-state index contributed by atoms with van der Waals surface area (Å²) in [6, 6.07) is -9.45. The lowest BCUT2D eigenvalue weighted by atomic mass is 9.95. The zero-order valence-corrected chi connectivity index (χ0v) is 43.9. The largest absolute Gasteiger partial charge is 0.480 e. The van der Waals surface area contributed by atoms with Gasteiger partial charge in [-0.25, -0.2) is 4.79 Å². The number of carboxylic acids is 1. The van der Waals surface area contributed by atoms with Gasteiger partial charge in [0.1, 0.15) is 48.3 Å². The van der Waals surface area contributed by atoms with E-state index in [0.29, 0.717) is 51.5 Å². The highest BCUT2D eigenvalue weighted by atomic mass is 16.4. The normalized spacial score (nSPS) is 17.8. The number of rotatable bonds is 31. The molecule has 0 aromatic rings. The summed E-state index contributed by atoms with van der Waals surface area (Å²) >= 11 is 0. The second kappa shape index (κ2) is 30.7. The van der Waals surface area contributed by atoms with Gasteiger partial charge in [0.2, 0.25) is 47.3 Å². The maximum Gasteiger partial charge on any atom is 0.326 e. The number of hydrogen-bond acceptors (Lipinski definition) is 11. The molecule has 1 fully saturated rings. The van der Waals surface area contributed by atoms with Crippen LogP contribution in [-0.4, -0.2) is 131 Å². The number of aliphatic carboxylic acids is 1. The first-order valence-corrected chi connectivity index (χ1v) is 25.3. The second-order valence-corrected chi connectivity index (χ2v) is 21.0. The molecule has 0 radical (unpaired) electrons. The van der Waals surface area contributed by atoms with Crippen LogP contribution >= 0.6 is 0 Å². The predicted molar refractivity (Wildman–Crippen MR) is 265 cm³/mol. The number of carbonyl (C=O) groups excluding carboxylic acids is 8. The number of nitrogens with two attached hydrogens (primary N) is 2. The third-order valence-corrected chi connectivity index (χ3v) is 12.3. The topological polar surface area (TPSA) is 313 Å².